The minimum Gasteiger partial charge on any atom is -0.475 e. The molecule has 106 valence electrons. The van der Waals surface area contributed by atoms with Crippen LogP contribution >= 0.6 is 0 Å². The number of rotatable bonds is 4. The van der Waals surface area contributed by atoms with Crippen LogP contribution in [0.4, 0.5) is 0 Å². The van der Waals surface area contributed by atoms with Crippen molar-refractivity contribution in [1.29, 1.82) is 0 Å². The van der Waals surface area contributed by atoms with Crippen molar-refractivity contribution in [2.24, 2.45) is 5.92 Å². The predicted molar refractivity (Wildman–Crippen MR) is 73.7 cm³/mol. The normalized spacial score (nSPS) is 25.2. The summed E-state index contributed by atoms with van der Waals surface area (Å²) in [7, 11) is -0.941. The average molecular weight is 284 g/mol. The molecule has 1 heterocycles. The number of carbonyl (C=O) groups is 1. The zero-order chi connectivity index (χ0) is 14.0. The molecule has 1 aliphatic carbocycles. The molecule has 0 bridgehead atoms. The fourth-order valence-electron chi connectivity index (χ4n) is 2.66. The van der Waals surface area contributed by atoms with Crippen LogP contribution in [0.5, 0.6) is 0 Å². The molecule has 1 aromatic rings. The van der Waals surface area contributed by atoms with Gasteiger partial charge < -0.3 is 9.52 Å². The second kappa shape index (κ2) is 5.90. The summed E-state index contributed by atoms with van der Waals surface area (Å²) >= 11 is 0. The van der Waals surface area contributed by atoms with E-state index in [-0.39, 0.29) is 11.0 Å². The van der Waals surface area contributed by atoms with Crippen LogP contribution in [0.15, 0.2) is 10.5 Å². The summed E-state index contributed by atoms with van der Waals surface area (Å²) in [5.41, 5.74) is 0.758. The summed E-state index contributed by atoms with van der Waals surface area (Å²) in [6.07, 6.45) is 4.39. The highest BCUT2D eigenvalue weighted by Crippen LogP contribution is 2.29. The lowest BCUT2D eigenvalue weighted by atomic mass is 9.91. The summed E-state index contributed by atoms with van der Waals surface area (Å²) in [6.45, 7) is 3.93. The minimum atomic E-state index is -1.08. The van der Waals surface area contributed by atoms with E-state index >= 15 is 0 Å². The van der Waals surface area contributed by atoms with Crippen LogP contribution in [0.2, 0.25) is 0 Å². The first kappa shape index (κ1) is 14.3. The van der Waals surface area contributed by atoms with Crippen LogP contribution < -0.4 is 0 Å². The molecule has 0 radical (unpaired) electrons. The largest absolute Gasteiger partial charge is 0.475 e. The zero-order valence-corrected chi connectivity index (χ0v) is 12.2. The Bertz CT molecular complexity index is 492. The summed E-state index contributed by atoms with van der Waals surface area (Å²) in [5.74, 6) is 0.463. The van der Waals surface area contributed by atoms with Crippen molar-refractivity contribution in [3.63, 3.8) is 0 Å². The third-order valence-electron chi connectivity index (χ3n) is 3.79. The third-order valence-corrected chi connectivity index (χ3v) is 5.56. The van der Waals surface area contributed by atoms with Crippen LogP contribution in [0, 0.1) is 12.8 Å². The van der Waals surface area contributed by atoms with Crippen molar-refractivity contribution >= 4 is 16.8 Å². The summed E-state index contributed by atoms with van der Waals surface area (Å²) in [6, 6.07) is 1.50. The van der Waals surface area contributed by atoms with Crippen LogP contribution in [0.25, 0.3) is 0 Å². The van der Waals surface area contributed by atoms with Gasteiger partial charge in [0, 0.05) is 21.6 Å². The lowest BCUT2D eigenvalue weighted by Gasteiger charge is -2.25. The van der Waals surface area contributed by atoms with Gasteiger partial charge in [0.15, 0.2) is 0 Å². The molecule has 19 heavy (non-hydrogen) atoms. The Labute approximate surface area is 115 Å². The van der Waals surface area contributed by atoms with E-state index in [0.29, 0.717) is 17.4 Å². The van der Waals surface area contributed by atoms with E-state index in [0.717, 1.165) is 24.8 Å². The standard InChI is InChI=1S/C14H20O4S/c1-9-4-3-5-12(6-9)19(17)8-11-7-13(14(15)16)18-10(11)2/h7,9,12H,3-6,8H2,1-2H3,(H,15,16). The van der Waals surface area contributed by atoms with Gasteiger partial charge in [-0.05, 0) is 31.7 Å². The number of furan rings is 1. The van der Waals surface area contributed by atoms with Crippen LogP contribution in [-0.4, -0.2) is 20.5 Å². The first-order valence-electron chi connectivity index (χ1n) is 6.67. The Hall–Kier alpha value is -1.10. The molecule has 1 fully saturated rings. The number of aromatic carboxylic acids is 1. The Morgan fingerprint density at radius 1 is 1.53 bits per heavy atom. The molecule has 0 amide bonds. The smallest absolute Gasteiger partial charge is 0.371 e. The highest BCUT2D eigenvalue weighted by molar-refractivity contribution is 7.84. The minimum absolute atomic E-state index is 0.0680. The molecular formula is C14H20O4S. The van der Waals surface area contributed by atoms with E-state index in [9.17, 15) is 9.00 Å². The monoisotopic (exact) mass is 284 g/mol. The Kier molecular flexibility index (Phi) is 4.45. The zero-order valence-electron chi connectivity index (χ0n) is 11.3. The lowest BCUT2D eigenvalue weighted by molar-refractivity contribution is 0.0661. The van der Waals surface area contributed by atoms with Crippen molar-refractivity contribution in [2.75, 3.05) is 0 Å². The molecule has 1 N–H and O–H groups in total. The number of carboxylic acids is 1. The molecule has 0 saturated heterocycles. The maximum absolute atomic E-state index is 12.4. The SMILES string of the molecule is Cc1oc(C(=O)O)cc1CS(=O)C1CCCC(C)C1. The molecule has 1 aromatic heterocycles. The molecule has 1 saturated carbocycles. The molecule has 5 heteroatoms. The summed E-state index contributed by atoms with van der Waals surface area (Å²) < 4.78 is 17.5. The molecule has 0 aliphatic heterocycles. The van der Waals surface area contributed by atoms with E-state index in [1.54, 1.807) is 6.92 Å². The van der Waals surface area contributed by atoms with Gasteiger partial charge in [-0.15, -0.1) is 0 Å². The Balaban J connectivity index is 2.04. The Morgan fingerprint density at radius 3 is 2.84 bits per heavy atom. The summed E-state index contributed by atoms with van der Waals surface area (Å²) in [4.78, 5) is 10.8. The molecule has 1 aliphatic rings. The van der Waals surface area contributed by atoms with Gasteiger partial charge in [0.2, 0.25) is 5.76 Å². The molecule has 0 spiro atoms. The second-order valence-electron chi connectivity index (χ2n) is 5.42. The van der Waals surface area contributed by atoms with Crippen molar-refractivity contribution in [3.05, 3.63) is 23.2 Å². The van der Waals surface area contributed by atoms with Gasteiger partial charge in [-0.1, -0.05) is 19.8 Å². The fourth-order valence-corrected chi connectivity index (χ4v) is 4.46. The molecule has 0 aromatic carbocycles. The molecule has 2 rings (SSSR count). The average Bonchev–Trinajstić information content (AvgIpc) is 2.71. The summed E-state index contributed by atoms with van der Waals surface area (Å²) in [5, 5.41) is 9.11. The van der Waals surface area contributed by atoms with E-state index in [4.69, 9.17) is 9.52 Å². The van der Waals surface area contributed by atoms with Gasteiger partial charge >= 0.3 is 5.97 Å². The number of hydrogen-bond donors (Lipinski definition) is 1. The topological polar surface area (TPSA) is 67.5 Å². The second-order valence-corrected chi connectivity index (χ2v) is 7.13. The number of carboxylic acid groups (broad SMARTS) is 1. The number of hydrogen-bond acceptors (Lipinski definition) is 3. The quantitative estimate of drug-likeness (QED) is 0.922. The first-order chi connectivity index (χ1) is 8.97. The van der Waals surface area contributed by atoms with Crippen LogP contribution in [0.3, 0.4) is 0 Å². The van der Waals surface area contributed by atoms with Gasteiger partial charge in [0.05, 0.1) is 5.75 Å². The van der Waals surface area contributed by atoms with Crippen molar-refractivity contribution in [1.82, 2.24) is 0 Å². The maximum atomic E-state index is 12.4. The predicted octanol–water partition coefficient (Wildman–Crippen LogP) is 3.11. The third kappa shape index (κ3) is 3.47. The van der Waals surface area contributed by atoms with Gasteiger partial charge in [-0.2, -0.15) is 0 Å². The maximum Gasteiger partial charge on any atom is 0.371 e. The number of aryl methyl sites for hydroxylation is 1. The van der Waals surface area contributed by atoms with Crippen molar-refractivity contribution in [3.8, 4) is 0 Å². The highest BCUT2D eigenvalue weighted by Gasteiger charge is 2.25. The van der Waals surface area contributed by atoms with E-state index in [1.165, 1.54) is 12.5 Å². The van der Waals surface area contributed by atoms with Gasteiger partial charge in [-0.3, -0.25) is 4.21 Å². The molecule has 4 nitrogen and oxygen atoms in total. The highest BCUT2D eigenvalue weighted by atomic mass is 32.2. The first-order valence-corrected chi connectivity index (χ1v) is 8.05. The molecular weight excluding hydrogens is 264 g/mol. The Morgan fingerprint density at radius 2 is 2.26 bits per heavy atom. The van der Waals surface area contributed by atoms with Crippen LogP contribution in [-0.2, 0) is 16.6 Å². The van der Waals surface area contributed by atoms with E-state index in [2.05, 4.69) is 6.92 Å². The van der Waals surface area contributed by atoms with Gasteiger partial charge in [0.25, 0.3) is 0 Å². The fraction of sp³-hybridized carbons (Fsp3) is 0.643. The molecule has 3 unspecified atom stereocenters. The van der Waals surface area contributed by atoms with Crippen molar-refractivity contribution < 1.29 is 18.5 Å². The van der Waals surface area contributed by atoms with Gasteiger partial charge in [-0.25, -0.2) is 4.79 Å². The van der Waals surface area contributed by atoms with E-state index in [1.807, 2.05) is 0 Å². The van der Waals surface area contributed by atoms with Crippen LogP contribution in [0.1, 0.15) is 54.5 Å². The van der Waals surface area contributed by atoms with Crippen molar-refractivity contribution in [2.45, 2.75) is 50.5 Å². The van der Waals surface area contributed by atoms with E-state index < -0.39 is 16.8 Å². The van der Waals surface area contributed by atoms with Gasteiger partial charge in [0.1, 0.15) is 5.76 Å². The lowest BCUT2D eigenvalue weighted by Crippen LogP contribution is -2.24. The molecule has 3 atom stereocenters.